The number of furan rings is 1. The summed E-state index contributed by atoms with van der Waals surface area (Å²) in [6.45, 7) is 9.07. The summed E-state index contributed by atoms with van der Waals surface area (Å²) in [4.78, 5) is 34.8. The number of likely N-dealkylation sites (N-methyl/N-ethyl adjacent to an activating group) is 1. The molecule has 0 radical (unpaired) electrons. The van der Waals surface area contributed by atoms with E-state index in [1.54, 1.807) is 69.6 Å². The van der Waals surface area contributed by atoms with Crippen molar-refractivity contribution in [3.8, 4) is 11.3 Å². The topological polar surface area (TPSA) is 91.2 Å². The minimum absolute atomic E-state index is 0.198. The van der Waals surface area contributed by atoms with E-state index >= 15 is 0 Å². The molecule has 0 unspecified atom stereocenters. The van der Waals surface area contributed by atoms with Gasteiger partial charge in [-0.15, -0.1) is 0 Å². The van der Waals surface area contributed by atoms with Gasteiger partial charge < -0.3 is 19.0 Å². The number of ether oxygens (including phenoxy) is 1. The van der Waals surface area contributed by atoms with Crippen molar-refractivity contribution < 1.29 is 18.7 Å². The Balaban J connectivity index is 1.51. The summed E-state index contributed by atoms with van der Waals surface area (Å²) in [5.74, 6) is 0.185. The Morgan fingerprint density at radius 2 is 1.74 bits per heavy atom. The number of piperazine rings is 1. The van der Waals surface area contributed by atoms with Crippen LogP contribution < -0.4 is 15.3 Å². The van der Waals surface area contributed by atoms with Gasteiger partial charge in [0.15, 0.2) is 0 Å². The molecule has 1 aromatic carbocycles. The van der Waals surface area contributed by atoms with Gasteiger partial charge in [-0.2, -0.15) is 5.01 Å². The molecule has 1 aliphatic heterocycles. The molecule has 0 atom stereocenters. The average Bonchev–Trinajstić information content (AvgIpc) is 3.37. The fourth-order valence-electron chi connectivity index (χ4n) is 3.67. The normalized spacial score (nSPS) is 14.5. The largest absolute Gasteiger partial charge is 0.464 e. The second-order valence-electron chi connectivity index (χ2n) is 9.47. The molecule has 0 spiro atoms. The minimum Gasteiger partial charge on any atom is -0.464 e. The molecule has 1 saturated heterocycles. The first-order valence-electron chi connectivity index (χ1n) is 11.6. The molecule has 4 rings (SSSR count). The number of aromatic nitrogens is 1. The van der Waals surface area contributed by atoms with Crippen LogP contribution in [0, 0.1) is 0 Å². The highest BCUT2D eigenvalue weighted by Crippen LogP contribution is 2.24. The molecule has 184 valence electrons. The van der Waals surface area contributed by atoms with Crippen molar-refractivity contribution in [3.05, 3.63) is 66.7 Å². The summed E-state index contributed by atoms with van der Waals surface area (Å²) < 4.78 is 10.9. The number of nitrogens with zero attached hydrogens (tertiary/aromatic N) is 4. The number of benzene rings is 1. The van der Waals surface area contributed by atoms with Gasteiger partial charge in [-0.05, 0) is 76.3 Å². The van der Waals surface area contributed by atoms with Crippen LogP contribution in [0.4, 0.5) is 16.2 Å². The van der Waals surface area contributed by atoms with Crippen molar-refractivity contribution in [3.63, 3.8) is 0 Å². The van der Waals surface area contributed by atoms with E-state index in [9.17, 15) is 9.59 Å². The molecular weight excluding hydrogens is 446 g/mol. The van der Waals surface area contributed by atoms with Gasteiger partial charge in [0.1, 0.15) is 17.1 Å². The van der Waals surface area contributed by atoms with E-state index in [2.05, 4.69) is 27.3 Å². The van der Waals surface area contributed by atoms with Crippen LogP contribution in [0.1, 0.15) is 31.3 Å². The Morgan fingerprint density at radius 1 is 1.03 bits per heavy atom. The van der Waals surface area contributed by atoms with Crippen LogP contribution in [0.15, 0.2) is 65.4 Å². The number of pyridine rings is 1. The van der Waals surface area contributed by atoms with Gasteiger partial charge >= 0.3 is 6.09 Å². The van der Waals surface area contributed by atoms with Crippen molar-refractivity contribution in [2.45, 2.75) is 26.4 Å². The summed E-state index contributed by atoms with van der Waals surface area (Å²) in [6.07, 6.45) is 2.58. The molecule has 9 heteroatoms. The Hall–Kier alpha value is -3.85. The summed E-state index contributed by atoms with van der Waals surface area (Å²) >= 11 is 0. The zero-order valence-corrected chi connectivity index (χ0v) is 20.5. The monoisotopic (exact) mass is 477 g/mol. The Morgan fingerprint density at radius 3 is 2.31 bits per heavy atom. The van der Waals surface area contributed by atoms with Crippen LogP contribution >= 0.6 is 0 Å². The number of amides is 2. The predicted octanol–water partition coefficient (Wildman–Crippen LogP) is 4.18. The van der Waals surface area contributed by atoms with Crippen LogP contribution in [0.25, 0.3) is 11.3 Å². The number of hydrogen-bond acceptors (Lipinski definition) is 7. The molecule has 3 aromatic rings. The molecule has 9 nitrogen and oxygen atoms in total. The van der Waals surface area contributed by atoms with E-state index in [-0.39, 0.29) is 5.69 Å². The van der Waals surface area contributed by atoms with E-state index in [1.807, 2.05) is 12.1 Å². The Kier molecular flexibility index (Phi) is 7.07. The van der Waals surface area contributed by atoms with Crippen LogP contribution in [0.5, 0.6) is 0 Å². The van der Waals surface area contributed by atoms with Gasteiger partial charge in [0.05, 0.1) is 23.8 Å². The molecule has 1 aliphatic rings. The standard InChI is InChI=1S/C26H31N5O4/c1-26(2,3)35-25(33)31(20-9-7-19(8-10-20)23-6-5-17-34-23)28-24(32)22-12-11-21(18-27-22)30-15-13-29(4)14-16-30/h5-12,17-18H,13-16H2,1-4H3,(H,28,32). The maximum atomic E-state index is 13.0. The van der Waals surface area contributed by atoms with Gasteiger partial charge in [0.2, 0.25) is 0 Å². The molecule has 1 N–H and O–H groups in total. The van der Waals surface area contributed by atoms with Gasteiger partial charge in [0, 0.05) is 31.7 Å². The van der Waals surface area contributed by atoms with Crippen molar-refractivity contribution in [2.75, 3.05) is 43.1 Å². The number of carbonyl (C=O) groups excluding carboxylic acids is 2. The highest BCUT2D eigenvalue weighted by Gasteiger charge is 2.26. The summed E-state index contributed by atoms with van der Waals surface area (Å²) in [7, 11) is 2.10. The SMILES string of the molecule is CN1CCN(c2ccc(C(=O)NN(C(=O)OC(C)(C)C)c3ccc(-c4ccco4)cc3)nc2)CC1. The third-order valence-corrected chi connectivity index (χ3v) is 5.57. The third-order valence-electron chi connectivity index (χ3n) is 5.57. The van der Waals surface area contributed by atoms with Gasteiger partial charge in [0.25, 0.3) is 5.91 Å². The molecule has 0 bridgehead atoms. The fourth-order valence-corrected chi connectivity index (χ4v) is 3.67. The maximum absolute atomic E-state index is 13.0. The number of hydrazine groups is 1. The summed E-state index contributed by atoms with van der Waals surface area (Å²) in [5.41, 5.74) is 4.35. The van der Waals surface area contributed by atoms with Crippen molar-refractivity contribution in [2.24, 2.45) is 0 Å². The van der Waals surface area contributed by atoms with Crippen LogP contribution in [-0.2, 0) is 4.74 Å². The van der Waals surface area contributed by atoms with Gasteiger partial charge in [-0.25, -0.2) is 9.78 Å². The minimum atomic E-state index is -0.740. The lowest BCUT2D eigenvalue weighted by Crippen LogP contribution is -2.49. The Labute approximate surface area is 205 Å². The first-order chi connectivity index (χ1) is 16.7. The number of anilines is 2. The van der Waals surface area contributed by atoms with Crippen molar-refractivity contribution in [1.82, 2.24) is 15.3 Å². The van der Waals surface area contributed by atoms with Crippen molar-refractivity contribution in [1.29, 1.82) is 0 Å². The lowest BCUT2D eigenvalue weighted by Gasteiger charge is -2.33. The second kappa shape index (κ2) is 10.2. The second-order valence-corrected chi connectivity index (χ2v) is 9.47. The van der Waals surface area contributed by atoms with Gasteiger partial charge in [-0.1, -0.05) is 0 Å². The average molecular weight is 478 g/mol. The first kappa shape index (κ1) is 24.3. The molecule has 0 saturated carbocycles. The maximum Gasteiger partial charge on any atom is 0.434 e. The van der Waals surface area contributed by atoms with Crippen molar-refractivity contribution >= 4 is 23.4 Å². The number of rotatable bonds is 4. The van der Waals surface area contributed by atoms with Crippen LogP contribution in [-0.4, -0.2) is 60.7 Å². The quantitative estimate of drug-likeness (QED) is 0.564. The first-order valence-corrected chi connectivity index (χ1v) is 11.6. The smallest absolute Gasteiger partial charge is 0.434 e. The number of nitrogens with one attached hydrogen (secondary N) is 1. The van der Waals surface area contributed by atoms with E-state index in [0.29, 0.717) is 11.4 Å². The number of hydrogen-bond donors (Lipinski definition) is 1. The molecule has 0 aliphatic carbocycles. The molecule has 2 aromatic heterocycles. The molecule has 2 amide bonds. The fraction of sp³-hybridized carbons (Fsp3) is 0.346. The van der Waals surface area contributed by atoms with E-state index in [4.69, 9.17) is 9.15 Å². The highest BCUT2D eigenvalue weighted by atomic mass is 16.6. The Bertz CT molecular complexity index is 1130. The molecule has 35 heavy (non-hydrogen) atoms. The number of carbonyl (C=O) groups is 2. The summed E-state index contributed by atoms with van der Waals surface area (Å²) in [6, 6.07) is 14.2. The van der Waals surface area contributed by atoms with Crippen LogP contribution in [0.2, 0.25) is 0 Å². The van der Waals surface area contributed by atoms with E-state index in [1.165, 1.54) is 0 Å². The zero-order valence-electron chi connectivity index (χ0n) is 20.5. The summed E-state index contributed by atoms with van der Waals surface area (Å²) in [5, 5.41) is 1.09. The van der Waals surface area contributed by atoms with E-state index < -0.39 is 17.6 Å². The molecular formula is C26H31N5O4. The predicted molar refractivity (Wildman–Crippen MR) is 134 cm³/mol. The van der Waals surface area contributed by atoms with Gasteiger partial charge in [-0.3, -0.25) is 10.2 Å². The third kappa shape index (κ3) is 6.19. The zero-order chi connectivity index (χ0) is 25.0. The molecule has 1 fully saturated rings. The molecule has 3 heterocycles. The lowest BCUT2D eigenvalue weighted by atomic mass is 10.1. The lowest BCUT2D eigenvalue weighted by molar-refractivity contribution is 0.0547. The van der Waals surface area contributed by atoms with Crippen LogP contribution in [0.3, 0.4) is 0 Å². The van der Waals surface area contributed by atoms with E-state index in [0.717, 1.165) is 42.4 Å². The highest BCUT2D eigenvalue weighted by molar-refractivity contribution is 5.98.